The predicted octanol–water partition coefficient (Wildman–Crippen LogP) is 1.50. The molecule has 96 valence electrons. The van der Waals surface area contributed by atoms with Crippen LogP contribution in [0.2, 0.25) is 0 Å². The molecule has 0 radical (unpaired) electrons. The molecule has 1 heterocycles. The topological polar surface area (TPSA) is 84.1 Å². The smallest absolute Gasteiger partial charge is 0.135 e. The first-order chi connectivity index (χ1) is 7.89. The van der Waals surface area contributed by atoms with Gasteiger partial charge in [0.15, 0.2) is 0 Å². The summed E-state index contributed by atoms with van der Waals surface area (Å²) in [7, 11) is 0. The second-order valence-electron chi connectivity index (χ2n) is 4.83. The van der Waals surface area contributed by atoms with Gasteiger partial charge in [-0.3, -0.25) is 0 Å². The van der Waals surface area contributed by atoms with Gasteiger partial charge in [-0.1, -0.05) is 6.92 Å². The van der Waals surface area contributed by atoms with Gasteiger partial charge in [-0.15, -0.1) is 0 Å². The molecule has 1 aromatic rings. The molecule has 5 heteroatoms. The fraction of sp³-hybridized carbons (Fsp3) is 0.667. The lowest BCUT2D eigenvalue weighted by atomic mass is 10.0. The highest BCUT2D eigenvalue weighted by molar-refractivity contribution is 5.55. The Morgan fingerprint density at radius 1 is 1.35 bits per heavy atom. The molecule has 0 aliphatic rings. The lowest BCUT2D eigenvalue weighted by Crippen LogP contribution is -2.33. The van der Waals surface area contributed by atoms with Gasteiger partial charge in [0, 0.05) is 24.1 Å². The summed E-state index contributed by atoms with van der Waals surface area (Å²) in [6, 6.07) is 0. The molecule has 0 bridgehead atoms. The van der Waals surface area contributed by atoms with Crippen LogP contribution in [0.15, 0.2) is 0 Å². The van der Waals surface area contributed by atoms with Gasteiger partial charge in [-0.25, -0.2) is 9.97 Å². The maximum atomic E-state index is 9.01. The van der Waals surface area contributed by atoms with Gasteiger partial charge < -0.3 is 16.2 Å². The van der Waals surface area contributed by atoms with E-state index in [0.29, 0.717) is 12.2 Å². The van der Waals surface area contributed by atoms with E-state index < -0.39 is 0 Å². The summed E-state index contributed by atoms with van der Waals surface area (Å²) in [5, 5.41) is 12.3. The van der Waals surface area contributed by atoms with Gasteiger partial charge in [0.25, 0.3) is 0 Å². The number of nitrogens with two attached hydrogens (primary N) is 1. The van der Waals surface area contributed by atoms with E-state index in [1.165, 1.54) is 0 Å². The van der Waals surface area contributed by atoms with Crippen LogP contribution < -0.4 is 11.1 Å². The molecule has 1 rings (SSSR count). The standard InChI is InChI=1S/C12H22N4O/c1-5-9-14-10(13)8(2)11(15-9)16-12(3,4)6-7-17/h17H,5-7H2,1-4H3,(H3,13,14,15,16). The highest BCUT2D eigenvalue weighted by atomic mass is 16.3. The average molecular weight is 238 g/mol. The number of anilines is 2. The lowest BCUT2D eigenvalue weighted by molar-refractivity contribution is 0.260. The molecule has 0 aromatic carbocycles. The number of hydrogen-bond donors (Lipinski definition) is 3. The predicted molar refractivity (Wildman–Crippen MR) is 70.0 cm³/mol. The molecule has 5 nitrogen and oxygen atoms in total. The third kappa shape index (κ3) is 3.56. The van der Waals surface area contributed by atoms with Crippen LogP contribution in [-0.4, -0.2) is 27.2 Å². The molecular weight excluding hydrogens is 216 g/mol. The number of hydrogen-bond acceptors (Lipinski definition) is 5. The minimum Gasteiger partial charge on any atom is -0.396 e. The molecule has 0 saturated carbocycles. The highest BCUT2D eigenvalue weighted by Crippen LogP contribution is 2.22. The van der Waals surface area contributed by atoms with Crippen molar-refractivity contribution in [3.05, 3.63) is 11.4 Å². The van der Waals surface area contributed by atoms with Crippen molar-refractivity contribution in [3.63, 3.8) is 0 Å². The number of nitrogens with one attached hydrogen (secondary N) is 1. The Balaban J connectivity index is 3.01. The summed E-state index contributed by atoms with van der Waals surface area (Å²) in [5.41, 5.74) is 6.49. The average Bonchev–Trinajstić information content (AvgIpc) is 2.23. The van der Waals surface area contributed by atoms with Gasteiger partial charge in [0.1, 0.15) is 17.5 Å². The number of aliphatic hydroxyl groups excluding tert-OH is 1. The molecule has 0 saturated heterocycles. The Bertz CT molecular complexity index is 390. The Hall–Kier alpha value is -1.36. The van der Waals surface area contributed by atoms with Crippen LogP contribution in [0.25, 0.3) is 0 Å². The first-order valence-corrected chi connectivity index (χ1v) is 5.91. The highest BCUT2D eigenvalue weighted by Gasteiger charge is 2.19. The Morgan fingerprint density at radius 3 is 2.53 bits per heavy atom. The summed E-state index contributed by atoms with van der Waals surface area (Å²) in [4.78, 5) is 8.64. The van der Waals surface area contributed by atoms with Crippen LogP contribution in [0.1, 0.15) is 38.6 Å². The van der Waals surface area contributed by atoms with Crippen LogP contribution in [0.3, 0.4) is 0 Å². The van der Waals surface area contributed by atoms with Crippen molar-refractivity contribution in [1.29, 1.82) is 0 Å². The lowest BCUT2D eigenvalue weighted by Gasteiger charge is -2.27. The van der Waals surface area contributed by atoms with Crippen LogP contribution in [0.5, 0.6) is 0 Å². The number of nitrogens with zero attached hydrogens (tertiary/aromatic N) is 2. The van der Waals surface area contributed by atoms with Crippen molar-refractivity contribution in [2.75, 3.05) is 17.7 Å². The Kier molecular flexibility index (Phi) is 4.28. The van der Waals surface area contributed by atoms with Crippen LogP contribution >= 0.6 is 0 Å². The molecule has 1 aromatic heterocycles. The van der Waals surface area contributed by atoms with E-state index in [2.05, 4.69) is 15.3 Å². The van der Waals surface area contributed by atoms with Crippen molar-refractivity contribution in [2.45, 2.75) is 46.1 Å². The van der Waals surface area contributed by atoms with Gasteiger partial charge in [-0.05, 0) is 27.2 Å². The normalized spacial score (nSPS) is 11.6. The maximum absolute atomic E-state index is 9.01. The number of aliphatic hydroxyl groups is 1. The summed E-state index contributed by atoms with van der Waals surface area (Å²) in [5.74, 6) is 2.00. The molecule has 0 aliphatic carbocycles. The van der Waals surface area contributed by atoms with E-state index in [-0.39, 0.29) is 12.1 Å². The Morgan fingerprint density at radius 2 is 2.00 bits per heavy atom. The fourth-order valence-corrected chi connectivity index (χ4v) is 1.52. The minimum atomic E-state index is -0.217. The molecule has 0 atom stereocenters. The molecule has 17 heavy (non-hydrogen) atoms. The zero-order chi connectivity index (χ0) is 13.1. The molecule has 0 aliphatic heterocycles. The van der Waals surface area contributed by atoms with E-state index in [9.17, 15) is 0 Å². The van der Waals surface area contributed by atoms with Crippen molar-refractivity contribution in [1.82, 2.24) is 9.97 Å². The fourth-order valence-electron chi connectivity index (χ4n) is 1.52. The van der Waals surface area contributed by atoms with Gasteiger partial charge in [0.2, 0.25) is 0 Å². The van der Waals surface area contributed by atoms with Gasteiger partial charge in [0.05, 0.1) is 0 Å². The largest absolute Gasteiger partial charge is 0.396 e. The van der Waals surface area contributed by atoms with Crippen molar-refractivity contribution in [2.24, 2.45) is 0 Å². The summed E-state index contributed by atoms with van der Waals surface area (Å²) >= 11 is 0. The molecule has 0 unspecified atom stereocenters. The molecular formula is C12H22N4O. The van der Waals surface area contributed by atoms with E-state index in [0.717, 1.165) is 23.6 Å². The van der Waals surface area contributed by atoms with Gasteiger partial charge in [-0.2, -0.15) is 0 Å². The van der Waals surface area contributed by atoms with E-state index >= 15 is 0 Å². The zero-order valence-electron chi connectivity index (χ0n) is 11.0. The minimum absolute atomic E-state index is 0.139. The van der Waals surface area contributed by atoms with E-state index in [1.807, 2.05) is 27.7 Å². The number of nitrogen functional groups attached to an aromatic ring is 1. The third-order valence-corrected chi connectivity index (χ3v) is 2.74. The number of aryl methyl sites for hydroxylation is 1. The monoisotopic (exact) mass is 238 g/mol. The first-order valence-electron chi connectivity index (χ1n) is 5.91. The molecule has 0 fully saturated rings. The summed E-state index contributed by atoms with van der Waals surface area (Å²) < 4.78 is 0. The van der Waals surface area contributed by atoms with Crippen LogP contribution in [0.4, 0.5) is 11.6 Å². The molecule has 4 N–H and O–H groups in total. The van der Waals surface area contributed by atoms with Crippen molar-refractivity contribution >= 4 is 11.6 Å². The van der Waals surface area contributed by atoms with Crippen LogP contribution in [0, 0.1) is 6.92 Å². The van der Waals surface area contributed by atoms with Crippen molar-refractivity contribution in [3.8, 4) is 0 Å². The molecule has 0 spiro atoms. The summed E-state index contributed by atoms with van der Waals surface area (Å²) in [6.07, 6.45) is 1.40. The quantitative estimate of drug-likeness (QED) is 0.724. The SMILES string of the molecule is CCc1nc(N)c(C)c(NC(C)(C)CCO)n1. The van der Waals surface area contributed by atoms with E-state index in [1.54, 1.807) is 0 Å². The second kappa shape index (κ2) is 5.31. The second-order valence-corrected chi connectivity index (χ2v) is 4.83. The van der Waals surface area contributed by atoms with Crippen molar-refractivity contribution < 1.29 is 5.11 Å². The zero-order valence-corrected chi connectivity index (χ0v) is 11.0. The third-order valence-electron chi connectivity index (χ3n) is 2.74. The molecule has 0 amide bonds. The Labute approximate surface area is 102 Å². The first kappa shape index (κ1) is 13.7. The number of rotatable bonds is 5. The number of aromatic nitrogens is 2. The summed E-state index contributed by atoms with van der Waals surface area (Å²) in [6.45, 7) is 8.07. The van der Waals surface area contributed by atoms with Crippen LogP contribution in [-0.2, 0) is 6.42 Å². The van der Waals surface area contributed by atoms with Gasteiger partial charge >= 0.3 is 0 Å². The van der Waals surface area contributed by atoms with E-state index in [4.69, 9.17) is 10.8 Å². The maximum Gasteiger partial charge on any atom is 0.135 e.